The van der Waals surface area contributed by atoms with Crippen LogP contribution in [0.5, 0.6) is 6.01 Å². The Kier molecular flexibility index (Phi) is 6.36. The van der Waals surface area contributed by atoms with Crippen molar-refractivity contribution in [1.82, 2.24) is 24.8 Å². The van der Waals surface area contributed by atoms with Crippen LogP contribution in [0.3, 0.4) is 0 Å². The molecular formula is C23H33FN6O. The predicted octanol–water partition coefficient (Wildman–Crippen LogP) is 3.42. The van der Waals surface area contributed by atoms with Crippen LogP contribution in [-0.2, 0) is 5.41 Å². The zero-order valence-corrected chi connectivity index (χ0v) is 19.0. The van der Waals surface area contributed by atoms with Crippen molar-refractivity contribution in [3.63, 3.8) is 0 Å². The first kappa shape index (κ1) is 21.9. The lowest BCUT2D eigenvalue weighted by molar-refractivity contribution is 0.172. The van der Waals surface area contributed by atoms with Crippen molar-refractivity contribution in [2.24, 2.45) is 5.92 Å². The molecule has 0 bridgehead atoms. The summed E-state index contributed by atoms with van der Waals surface area (Å²) in [6.45, 7) is 14.0. The number of halogens is 1. The fraction of sp³-hybridized carbons (Fsp3) is 0.652. The molecule has 0 amide bonds. The summed E-state index contributed by atoms with van der Waals surface area (Å²) in [6, 6.07) is 2.43. The van der Waals surface area contributed by atoms with Crippen molar-refractivity contribution in [3.8, 4) is 6.01 Å². The topological polar surface area (TPSA) is 67.3 Å². The van der Waals surface area contributed by atoms with Gasteiger partial charge in [-0.2, -0.15) is 0 Å². The van der Waals surface area contributed by atoms with Crippen molar-refractivity contribution in [2.75, 3.05) is 44.2 Å². The zero-order chi connectivity index (χ0) is 22.0. The standard InChI is InChI=1S/C23H33FN6O/c1-16(15-31-22-25-12-18(24)13-26-22)14-29-7-9-30(10-8-29)20-11-19(17-5-6-17)27-21(28-20)23(2,3)4/h11-13,16-17H,5-10,14-15H2,1-4H3. The maximum atomic E-state index is 12.9. The molecule has 1 atom stereocenters. The van der Waals surface area contributed by atoms with Gasteiger partial charge in [-0.1, -0.05) is 27.7 Å². The molecule has 168 valence electrons. The Balaban J connectivity index is 1.30. The lowest BCUT2D eigenvalue weighted by Crippen LogP contribution is -2.48. The van der Waals surface area contributed by atoms with Crippen LogP contribution in [0.2, 0.25) is 0 Å². The zero-order valence-electron chi connectivity index (χ0n) is 19.0. The molecule has 0 spiro atoms. The minimum absolute atomic E-state index is 0.0505. The molecule has 2 aromatic rings. The molecule has 4 rings (SSSR count). The van der Waals surface area contributed by atoms with Gasteiger partial charge in [0.1, 0.15) is 11.6 Å². The third kappa shape index (κ3) is 5.87. The molecule has 1 aliphatic carbocycles. The highest BCUT2D eigenvalue weighted by molar-refractivity contribution is 5.42. The van der Waals surface area contributed by atoms with Gasteiger partial charge < -0.3 is 9.64 Å². The lowest BCUT2D eigenvalue weighted by atomic mass is 9.95. The Bertz CT molecular complexity index is 873. The van der Waals surface area contributed by atoms with E-state index in [1.54, 1.807) is 0 Å². The van der Waals surface area contributed by atoms with Crippen LogP contribution in [-0.4, -0.2) is 64.2 Å². The largest absolute Gasteiger partial charge is 0.463 e. The quantitative estimate of drug-likeness (QED) is 0.669. The van der Waals surface area contributed by atoms with Crippen LogP contribution in [0, 0.1) is 11.7 Å². The van der Waals surface area contributed by atoms with E-state index in [0.29, 0.717) is 18.4 Å². The Morgan fingerprint density at radius 3 is 2.39 bits per heavy atom. The van der Waals surface area contributed by atoms with E-state index in [1.807, 2.05) is 0 Å². The van der Waals surface area contributed by atoms with Gasteiger partial charge in [0.25, 0.3) is 0 Å². The highest BCUT2D eigenvalue weighted by Gasteiger charge is 2.30. The summed E-state index contributed by atoms with van der Waals surface area (Å²) < 4.78 is 18.5. The molecule has 1 saturated carbocycles. The lowest BCUT2D eigenvalue weighted by Gasteiger charge is -2.37. The minimum atomic E-state index is -0.458. The number of rotatable bonds is 7. The summed E-state index contributed by atoms with van der Waals surface area (Å²) in [5, 5.41) is 0. The van der Waals surface area contributed by atoms with Gasteiger partial charge in [0.05, 0.1) is 19.0 Å². The maximum absolute atomic E-state index is 12.9. The summed E-state index contributed by atoms with van der Waals surface area (Å²) in [7, 11) is 0. The fourth-order valence-electron chi connectivity index (χ4n) is 3.78. The van der Waals surface area contributed by atoms with E-state index in [0.717, 1.165) is 56.8 Å². The summed E-state index contributed by atoms with van der Waals surface area (Å²) >= 11 is 0. The van der Waals surface area contributed by atoms with Gasteiger partial charge >= 0.3 is 6.01 Å². The monoisotopic (exact) mass is 428 g/mol. The van der Waals surface area contributed by atoms with E-state index in [-0.39, 0.29) is 11.4 Å². The van der Waals surface area contributed by atoms with Crippen molar-refractivity contribution in [2.45, 2.75) is 51.9 Å². The number of aromatic nitrogens is 4. The molecule has 1 saturated heterocycles. The Morgan fingerprint density at radius 1 is 1.10 bits per heavy atom. The Morgan fingerprint density at radius 2 is 1.77 bits per heavy atom. The predicted molar refractivity (Wildman–Crippen MR) is 118 cm³/mol. The van der Waals surface area contributed by atoms with E-state index in [2.05, 4.69) is 53.5 Å². The van der Waals surface area contributed by atoms with Gasteiger partial charge in [-0.05, 0) is 12.8 Å². The Hall–Kier alpha value is -2.35. The van der Waals surface area contributed by atoms with Crippen LogP contribution in [0.4, 0.5) is 10.2 Å². The first-order valence-corrected chi connectivity index (χ1v) is 11.2. The van der Waals surface area contributed by atoms with Crippen molar-refractivity contribution in [3.05, 3.63) is 35.8 Å². The van der Waals surface area contributed by atoms with E-state index < -0.39 is 5.82 Å². The number of hydrogen-bond donors (Lipinski definition) is 0. The third-order valence-electron chi connectivity index (χ3n) is 5.76. The van der Waals surface area contributed by atoms with E-state index in [1.165, 1.54) is 18.5 Å². The summed E-state index contributed by atoms with van der Waals surface area (Å²) in [5.74, 6) is 2.51. The average molecular weight is 429 g/mol. The normalized spacial score (nSPS) is 18.8. The average Bonchev–Trinajstić information content (AvgIpc) is 3.58. The van der Waals surface area contributed by atoms with Crippen molar-refractivity contribution < 1.29 is 9.13 Å². The first-order valence-electron chi connectivity index (χ1n) is 11.2. The molecule has 8 heteroatoms. The molecule has 0 radical (unpaired) electrons. The molecule has 0 aromatic carbocycles. The van der Waals surface area contributed by atoms with Crippen molar-refractivity contribution >= 4 is 5.82 Å². The van der Waals surface area contributed by atoms with Crippen LogP contribution < -0.4 is 9.64 Å². The highest BCUT2D eigenvalue weighted by atomic mass is 19.1. The van der Waals surface area contributed by atoms with E-state index in [9.17, 15) is 4.39 Å². The Labute approximate surface area is 184 Å². The molecule has 0 N–H and O–H groups in total. The number of anilines is 1. The van der Waals surface area contributed by atoms with Crippen LogP contribution in [0.1, 0.15) is 58.0 Å². The molecule has 31 heavy (non-hydrogen) atoms. The van der Waals surface area contributed by atoms with Gasteiger partial charge in [-0.3, -0.25) is 4.90 Å². The summed E-state index contributed by atoms with van der Waals surface area (Å²) in [4.78, 5) is 22.4. The van der Waals surface area contributed by atoms with Crippen molar-refractivity contribution in [1.29, 1.82) is 0 Å². The second-order valence-electron chi connectivity index (χ2n) is 9.89. The number of nitrogens with zero attached hydrogens (tertiary/aromatic N) is 6. The molecule has 3 heterocycles. The molecular weight excluding hydrogens is 395 g/mol. The van der Waals surface area contributed by atoms with E-state index in [4.69, 9.17) is 14.7 Å². The number of hydrogen-bond acceptors (Lipinski definition) is 7. The van der Waals surface area contributed by atoms with Crippen LogP contribution >= 0.6 is 0 Å². The second kappa shape index (κ2) is 9.02. The first-order chi connectivity index (χ1) is 14.8. The number of ether oxygens (including phenoxy) is 1. The van der Waals surface area contributed by atoms with Gasteiger partial charge in [0, 0.05) is 61.7 Å². The third-order valence-corrected chi connectivity index (χ3v) is 5.76. The van der Waals surface area contributed by atoms with Crippen LogP contribution in [0.15, 0.2) is 18.5 Å². The molecule has 2 fully saturated rings. The molecule has 1 aliphatic heterocycles. The molecule has 2 aliphatic rings. The van der Waals surface area contributed by atoms with Crippen LogP contribution in [0.25, 0.3) is 0 Å². The van der Waals surface area contributed by atoms with Gasteiger partial charge in [0.2, 0.25) is 0 Å². The smallest absolute Gasteiger partial charge is 0.316 e. The maximum Gasteiger partial charge on any atom is 0.316 e. The minimum Gasteiger partial charge on any atom is -0.463 e. The molecule has 1 unspecified atom stereocenters. The summed E-state index contributed by atoms with van der Waals surface area (Å²) in [5.41, 5.74) is 1.16. The van der Waals surface area contributed by atoms with Gasteiger partial charge in [0.15, 0.2) is 5.82 Å². The van der Waals surface area contributed by atoms with Gasteiger partial charge in [-0.25, -0.2) is 24.3 Å². The fourth-order valence-corrected chi connectivity index (χ4v) is 3.78. The number of piperazine rings is 1. The second-order valence-corrected chi connectivity index (χ2v) is 9.89. The molecule has 7 nitrogen and oxygen atoms in total. The molecule has 2 aromatic heterocycles. The SMILES string of the molecule is CC(COc1ncc(F)cn1)CN1CCN(c2cc(C3CC3)nc(C(C)(C)C)n2)CC1. The van der Waals surface area contributed by atoms with Gasteiger partial charge in [-0.15, -0.1) is 0 Å². The van der Waals surface area contributed by atoms with E-state index >= 15 is 0 Å². The highest BCUT2D eigenvalue weighted by Crippen LogP contribution is 2.40. The summed E-state index contributed by atoms with van der Waals surface area (Å²) in [6.07, 6.45) is 4.74.